The van der Waals surface area contributed by atoms with Gasteiger partial charge in [-0.15, -0.1) is 0 Å². The van der Waals surface area contributed by atoms with Crippen molar-refractivity contribution in [2.45, 2.75) is 26.8 Å². The summed E-state index contributed by atoms with van der Waals surface area (Å²) in [6, 6.07) is 9.67. The van der Waals surface area contributed by atoms with E-state index < -0.39 is 0 Å². The van der Waals surface area contributed by atoms with Crippen molar-refractivity contribution < 1.29 is 4.79 Å². The normalized spacial score (nSPS) is 12.0. The van der Waals surface area contributed by atoms with Crippen LogP contribution in [0.1, 0.15) is 40.4 Å². The van der Waals surface area contributed by atoms with Crippen LogP contribution in [0, 0.1) is 13.8 Å². The molecule has 0 fully saturated rings. The fourth-order valence-electron chi connectivity index (χ4n) is 2.61. The molecule has 7 nitrogen and oxygen atoms in total. The number of benzene rings is 1. The molecule has 2 aromatic heterocycles. The zero-order valence-electron chi connectivity index (χ0n) is 14.3. The number of carbonyl (C=O) groups excluding carboxylic acids is 1. The molecule has 7 heteroatoms. The van der Waals surface area contributed by atoms with Crippen LogP contribution in [-0.4, -0.2) is 25.7 Å². The number of aromatic amines is 1. The van der Waals surface area contributed by atoms with E-state index in [1.165, 1.54) is 6.20 Å². The molecule has 0 aliphatic carbocycles. The van der Waals surface area contributed by atoms with Crippen LogP contribution in [-0.2, 0) is 0 Å². The van der Waals surface area contributed by atoms with E-state index in [9.17, 15) is 9.59 Å². The number of rotatable bonds is 4. The Labute approximate surface area is 144 Å². The zero-order chi connectivity index (χ0) is 18.0. The lowest BCUT2D eigenvalue weighted by Crippen LogP contribution is -2.28. The topological polar surface area (TPSA) is 92.7 Å². The third kappa shape index (κ3) is 3.65. The summed E-state index contributed by atoms with van der Waals surface area (Å²) in [5.74, 6) is -0.341. The smallest absolute Gasteiger partial charge is 0.271 e. The summed E-state index contributed by atoms with van der Waals surface area (Å²) in [6.07, 6.45) is 2.39. The molecule has 128 valence electrons. The number of hydrogen-bond acceptors (Lipinski definition) is 4. The van der Waals surface area contributed by atoms with Gasteiger partial charge in [-0.05, 0) is 44.5 Å². The Balaban J connectivity index is 1.73. The van der Waals surface area contributed by atoms with Crippen molar-refractivity contribution in [1.82, 2.24) is 25.1 Å². The van der Waals surface area contributed by atoms with Crippen LogP contribution in [0.15, 0.2) is 47.5 Å². The largest absolute Gasteiger partial charge is 0.344 e. The van der Waals surface area contributed by atoms with Crippen molar-refractivity contribution in [2.24, 2.45) is 0 Å². The quantitative estimate of drug-likeness (QED) is 0.762. The number of aryl methyl sites for hydroxylation is 2. The number of nitrogens with zero attached hydrogens (tertiary/aromatic N) is 3. The van der Waals surface area contributed by atoms with E-state index in [1.54, 1.807) is 0 Å². The van der Waals surface area contributed by atoms with Crippen molar-refractivity contribution in [3.63, 3.8) is 0 Å². The molecule has 0 saturated heterocycles. The summed E-state index contributed by atoms with van der Waals surface area (Å²) in [5.41, 5.74) is 3.79. The maximum Gasteiger partial charge on any atom is 0.271 e. The van der Waals surface area contributed by atoms with Gasteiger partial charge in [0.25, 0.3) is 11.5 Å². The van der Waals surface area contributed by atoms with Crippen LogP contribution in [0.2, 0.25) is 0 Å². The third-order valence-corrected chi connectivity index (χ3v) is 3.90. The summed E-state index contributed by atoms with van der Waals surface area (Å²) in [4.78, 5) is 29.4. The zero-order valence-corrected chi connectivity index (χ0v) is 14.3. The number of hydrogen-bond donors (Lipinski definition) is 2. The highest BCUT2D eigenvalue weighted by molar-refractivity contribution is 5.92. The second-order valence-corrected chi connectivity index (χ2v) is 5.92. The first-order chi connectivity index (χ1) is 11.9. The molecule has 2 heterocycles. The van der Waals surface area contributed by atoms with E-state index in [0.717, 1.165) is 28.8 Å². The van der Waals surface area contributed by atoms with Gasteiger partial charge in [-0.1, -0.05) is 12.1 Å². The van der Waals surface area contributed by atoms with E-state index in [2.05, 4.69) is 20.4 Å². The van der Waals surface area contributed by atoms with Crippen molar-refractivity contribution in [1.29, 1.82) is 0 Å². The van der Waals surface area contributed by atoms with Gasteiger partial charge in [0.1, 0.15) is 5.69 Å². The van der Waals surface area contributed by atoms with Crippen molar-refractivity contribution in [3.8, 4) is 5.69 Å². The Kier molecular flexibility index (Phi) is 4.47. The minimum absolute atomic E-state index is 0.172. The van der Waals surface area contributed by atoms with E-state index in [0.29, 0.717) is 0 Å². The van der Waals surface area contributed by atoms with Crippen molar-refractivity contribution in [2.75, 3.05) is 0 Å². The monoisotopic (exact) mass is 337 g/mol. The van der Waals surface area contributed by atoms with Crippen molar-refractivity contribution in [3.05, 3.63) is 75.7 Å². The molecule has 25 heavy (non-hydrogen) atoms. The van der Waals surface area contributed by atoms with Crippen LogP contribution in [0.4, 0.5) is 0 Å². The molecule has 1 aromatic carbocycles. The molecule has 0 spiro atoms. The van der Waals surface area contributed by atoms with Crippen molar-refractivity contribution >= 4 is 5.91 Å². The standard InChI is InChI=1S/C18H19N5O2/c1-11-8-12(2)23(22-11)15-6-4-14(5-7-15)13(3)21-18(25)16-9-20-17(24)10-19-16/h4-10,13H,1-3H3,(H,20,24)(H,21,25)/t13-/m0/s1. The molecule has 0 saturated carbocycles. The minimum Gasteiger partial charge on any atom is -0.344 e. The molecule has 2 N–H and O–H groups in total. The first kappa shape index (κ1) is 16.6. The molecule has 3 rings (SSSR count). The van der Waals surface area contributed by atoms with Gasteiger partial charge < -0.3 is 10.3 Å². The fraction of sp³-hybridized carbons (Fsp3) is 0.222. The highest BCUT2D eigenvalue weighted by atomic mass is 16.2. The molecular weight excluding hydrogens is 318 g/mol. The third-order valence-electron chi connectivity index (χ3n) is 3.90. The van der Waals surface area contributed by atoms with Gasteiger partial charge in [0, 0.05) is 11.9 Å². The highest BCUT2D eigenvalue weighted by Crippen LogP contribution is 2.17. The summed E-state index contributed by atoms with van der Waals surface area (Å²) in [5, 5.41) is 7.32. The number of aromatic nitrogens is 4. The lowest BCUT2D eigenvalue weighted by Gasteiger charge is -2.14. The molecule has 0 aliphatic rings. The van der Waals surface area contributed by atoms with Crippen LogP contribution in [0.5, 0.6) is 0 Å². The second-order valence-electron chi connectivity index (χ2n) is 5.92. The molecule has 0 aliphatic heterocycles. The lowest BCUT2D eigenvalue weighted by atomic mass is 10.1. The van der Waals surface area contributed by atoms with Gasteiger partial charge in [-0.25, -0.2) is 9.67 Å². The highest BCUT2D eigenvalue weighted by Gasteiger charge is 2.13. The van der Waals surface area contributed by atoms with Gasteiger partial charge in [0.2, 0.25) is 0 Å². The summed E-state index contributed by atoms with van der Waals surface area (Å²) in [7, 11) is 0. The molecule has 3 aromatic rings. The minimum atomic E-state index is -0.343. The number of nitrogens with one attached hydrogen (secondary N) is 2. The Hall–Kier alpha value is -3.22. The first-order valence-electron chi connectivity index (χ1n) is 7.93. The average Bonchev–Trinajstić information content (AvgIpc) is 2.94. The number of carbonyl (C=O) groups is 1. The SMILES string of the molecule is Cc1cc(C)n(-c2ccc([C@H](C)NC(=O)c3c[nH]c(=O)cn3)cc2)n1. The fourth-order valence-corrected chi connectivity index (χ4v) is 2.61. The summed E-state index contributed by atoms with van der Waals surface area (Å²) in [6.45, 7) is 5.86. The predicted molar refractivity (Wildman–Crippen MR) is 93.8 cm³/mol. The molecule has 0 bridgehead atoms. The first-order valence-corrected chi connectivity index (χ1v) is 7.93. The maximum atomic E-state index is 12.2. The predicted octanol–water partition coefficient (Wildman–Crippen LogP) is 2.06. The van der Waals surface area contributed by atoms with Gasteiger partial charge in [-0.3, -0.25) is 9.59 Å². The Morgan fingerprint density at radius 1 is 1.24 bits per heavy atom. The van der Waals surface area contributed by atoms with Crippen LogP contribution >= 0.6 is 0 Å². The Morgan fingerprint density at radius 3 is 2.52 bits per heavy atom. The number of amides is 1. The van der Waals surface area contributed by atoms with E-state index in [1.807, 2.05) is 55.8 Å². The average molecular weight is 337 g/mol. The van der Waals surface area contributed by atoms with Gasteiger partial charge in [0.15, 0.2) is 0 Å². The van der Waals surface area contributed by atoms with Crippen LogP contribution < -0.4 is 10.9 Å². The second kappa shape index (κ2) is 6.72. The molecule has 1 amide bonds. The van der Waals surface area contributed by atoms with Gasteiger partial charge >= 0.3 is 0 Å². The molecule has 0 unspecified atom stereocenters. The van der Waals surface area contributed by atoms with Crippen LogP contribution in [0.3, 0.4) is 0 Å². The number of H-pyrrole nitrogens is 1. The maximum absolute atomic E-state index is 12.2. The summed E-state index contributed by atoms with van der Waals surface area (Å²) >= 11 is 0. The van der Waals surface area contributed by atoms with E-state index in [4.69, 9.17) is 0 Å². The molecule has 1 atom stereocenters. The van der Waals surface area contributed by atoms with Crippen LogP contribution in [0.25, 0.3) is 5.69 Å². The molecule has 0 radical (unpaired) electrons. The van der Waals surface area contributed by atoms with Gasteiger partial charge in [0.05, 0.1) is 23.6 Å². The Morgan fingerprint density at radius 2 is 1.96 bits per heavy atom. The Bertz CT molecular complexity index is 936. The molecular formula is C18H19N5O2. The lowest BCUT2D eigenvalue weighted by molar-refractivity contribution is 0.0934. The van der Waals surface area contributed by atoms with Gasteiger partial charge in [-0.2, -0.15) is 5.10 Å². The summed E-state index contributed by atoms with van der Waals surface area (Å²) < 4.78 is 1.88. The van der Waals surface area contributed by atoms with E-state index in [-0.39, 0.29) is 23.2 Å². The van der Waals surface area contributed by atoms with E-state index >= 15 is 0 Å².